The minimum absolute atomic E-state index is 0.265. The van der Waals surface area contributed by atoms with E-state index >= 15 is 0 Å². The Balaban J connectivity index is 1.27. The summed E-state index contributed by atoms with van der Waals surface area (Å²) in [5, 5.41) is 1.81. The van der Waals surface area contributed by atoms with Crippen molar-refractivity contribution in [1.29, 1.82) is 0 Å². The summed E-state index contributed by atoms with van der Waals surface area (Å²) in [5.74, 6) is 0. The number of ether oxygens (including phenoxy) is 6. The fraction of sp³-hybridized carbons (Fsp3) is 0.333. The first-order chi connectivity index (χ1) is 17.5. The number of hydrogen-bond donors (Lipinski definition) is 0. The third-order valence-electron chi connectivity index (χ3n) is 6.40. The number of fused-ring (bicyclic) bond motifs is 1. The molecule has 188 valence electrons. The third kappa shape index (κ3) is 5.16. The highest BCUT2D eigenvalue weighted by Crippen LogP contribution is 2.42. The molecule has 3 saturated heterocycles. The van der Waals surface area contributed by atoms with Gasteiger partial charge in [0.2, 0.25) is 0 Å². The van der Waals surface area contributed by atoms with Crippen LogP contribution in [0.3, 0.4) is 0 Å². The van der Waals surface area contributed by atoms with Crippen LogP contribution < -0.4 is 0 Å². The van der Waals surface area contributed by atoms with E-state index in [0.717, 1.165) is 16.7 Å². The van der Waals surface area contributed by atoms with Gasteiger partial charge in [-0.1, -0.05) is 71.2 Å². The molecule has 3 aliphatic heterocycles. The number of rotatable bonds is 4. The lowest BCUT2D eigenvalue weighted by molar-refractivity contribution is -0.217. The first-order valence-electron chi connectivity index (χ1n) is 11.6. The predicted molar refractivity (Wildman–Crippen MR) is 134 cm³/mol. The summed E-state index contributed by atoms with van der Waals surface area (Å²) in [6, 6.07) is 22.2. The standard InChI is InChI=1S/C27H23Cl3O6/c28-18-7-1-4-15(10-18)25-31-13-21(33-25)23-24-22(34-27(36-24)17-6-3-9-20(30)12-17)14-32-26(35-23)16-5-2-8-19(29)11-16/h1-12,21-27H,13-14H2/t21-,22+,23+,24+,25?,26?,27?/m1/s1. The minimum atomic E-state index is -0.676. The summed E-state index contributed by atoms with van der Waals surface area (Å²) < 4.78 is 37.7. The van der Waals surface area contributed by atoms with Gasteiger partial charge in [-0.3, -0.25) is 0 Å². The van der Waals surface area contributed by atoms with Crippen molar-refractivity contribution in [3.63, 3.8) is 0 Å². The minimum Gasteiger partial charge on any atom is -0.346 e. The summed E-state index contributed by atoms with van der Waals surface area (Å²) in [6.45, 7) is 0.569. The molecule has 36 heavy (non-hydrogen) atoms. The van der Waals surface area contributed by atoms with Gasteiger partial charge in [0.25, 0.3) is 0 Å². The van der Waals surface area contributed by atoms with E-state index in [-0.39, 0.29) is 6.61 Å². The van der Waals surface area contributed by atoms with Gasteiger partial charge in [0.05, 0.1) is 13.2 Å². The molecule has 0 saturated carbocycles. The fourth-order valence-electron chi connectivity index (χ4n) is 4.72. The molecule has 6 nitrogen and oxygen atoms in total. The van der Waals surface area contributed by atoms with Gasteiger partial charge in [0, 0.05) is 31.8 Å². The van der Waals surface area contributed by atoms with Crippen LogP contribution in [0.2, 0.25) is 15.1 Å². The Morgan fingerprint density at radius 3 is 1.36 bits per heavy atom. The molecule has 0 aliphatic carbocycles. The first kappa shape index (κ1) is 24.6. The molecule has 7 atom stereocenters. The second kappa shape index (κ2) is 10.6. The summed E-state index contributed by atoms with van der Waals surface area (Å²) in [5.41, 5.74) is 2.45. The Morgan fingerprint density at radius 1 is 0.500 bits per heavy atom. The van der Waals surface area contributed by atoms with Gasteiger partial charge in [-0.05, 0) is 36.4 Å². The molecular formula is C27H23Cl3O6. The SMILES string of the molecule is Clc1cccc(C2OC[C@@H]3OC(c4cccc(Cl)c4)O[C@@H]3[C@H]([C@H]3COC(c4cccc(Cl)c4)O3)O2)c1. The molecule has 6 rings (SSSR count). The van der Waals surface area contributed by atoms with Crippen LogP contribution in [0.4, 0.5) is 0 Å². The number of halogens is 3. The molecule has 9 heteroatoms. The van der Waals surface area contributed by atoms with E-state index in [1.165, 1.54) is 0 Å². The molecule has 0 amide bonds. The molecule has 3 heterocycles. The maximum absolute atomic E-state index is 6.52. The van der Waals surface area contributed by atoms with E-state index in [2.05, 4.69) is 0 Å². The van der Waals surface area contributed by atoms with Crippen molar-refractivity contribution in [3.05, 3.63) is 105 Å². The Labute approximate surface area is 223 Å². The van der Waals surface area contributed by atoms with Crippen molar-refractivity contribution >= 4 is 34.8 Å². The van der Waals surface area contributed by atoms with Crippen LogP contribution in [-0.2, 0) is 28.4 Å². The van der Waals surface area contributed by atoms with E-state index in [4.69, 9.17) is 63.2 Å². The van der Waals surface area contributed by atoms with Crippen LogP contribution in [0.5, 0.6) is 0 Å². The van der Waals surface area contributed by atoms with Gasteiger partial charge < -0.3 is 28.4 Å². The zero-order chi connectivity index (χ0) is 24.6. The second-order valence-electron chi connectivity index (χ2n) is 8.88. The van der Waals surface area contributed by atoms with Gasteiger partial charge in [0.15, 0.2) is 18.9 Å². The molecule has 0 aromatic heterocycles. The van der Waals surface area contributed by atoms with Gasteiger partial charge in [-0.25, -0.2) is 0 Å². The van der Waals surface area contributed by atoms with E-state index in [9.17, 15) is 0 Å². The van der Waals surface area contributed by atoms with Crippen LogP contribution in [-0.4, -0.2) is 37.6 Å². The first-order valence-corrected chi connectivity index (χ1v) is 12.8. The zero-order valence-electron chi connectivity index (χ0n) is 19.0. The molecule has 3 aromatic rings. The average molecular weight is 550 g/mol. The Kier molecular flexibility index (Phi) is 7.23. The van der Waals surface area contributed by atoms with Crippen LogP contribution in [0.25, 0.3) is 0 Å². The fourth-order valence-corrected chi connectivity index (χ4v) is 5.32. The molecule has 0 N–H and O–H groups in total. The lowest BCUT2D eigenvalue weighted by atomic mass is 10.0. The Morgan fingerprint density at radius 2 is 0.889 bits per heavy atom. The second-order valence-corrected chi connectivity index (χ2v) is 10.2. The maximum Gasteiger partial charge on any atom is 0.185 e. The molecule has 3 fully saturated rings. The third-order valence-corrected chi connectivity index (χ3v) is 7.11. The molecular weight excluding hydrogens is 527 g/mol. The summed E-state index contributed by atoms with van der Waals surface area (Å²) in [6.07, 6.45) is -3.70. The molecule has 0 radical (unpaired) electrons. The quantitative estimate of drug-likeness (QED) is 0.363. The van der Waals surface area contributed by atoms with Crippen molar-refractivity contribution in [2.45, 2.75) is 43.3 Å². The van der Waals surface area contributed by atoms with Crippen molar-refractivity contribution in [2.24, 2.45) is 0 Å². The summed E-state index contributed by atoms with van der Waals surface area (Å²) >= 11 is 18.6. The lowest BCUT2D eigenvalue weighted by Gasteiger charge is -2.29. The Bertz CT molecular complexity index is 1230. The van der Waals surface area contributed by atoms with Crippen molar-refractivity contribution in [1.82, 2.24) is 0 Å². The summed E-state index contributed by atoms with van der Waals surface area (Å²) in [4.78, 5) is 0. The lowest BCUT2D eigenvalue weighted by Crippen LogP contribution is -2.45. The normalized spacial score (nSPS) is 32.2. The van der Waals surface area contributed by atoms with Crippen molar-refractivity contribution in [2.75, 3.05) is 13.2 Å². The topological polar surface area (TPSA) is 55.4 Å². The van der Waals surface area contributed by atoms with Crippen molar-refractivity contribution < 1.29 is 28.4 Å². The van der Waals surface area contributed by atoms with Crippen molar-refractivity contribution in [3.8, 4) is 0 Å². The van der Waals surface area contributed by atoms with Crippen LogP contribution in [0, 0.1) is 0 Å². The van der Waals surface area contributed by atoms with Gasteiger partial charge in [-0.2, -0.15) is 0 Å². The van der Waals surface area contributed by atoms with E-state index < -0.39 is 43.3 Å². The molecule has 3 aliphatic rings. The number of benzene rings is 3. The van der Waals surface area contributed by atoms with Gasteiger partial charge >= 0.3 is 0 Å². The van der Waals surface area contributed by atoms with Gasteiger partial charge in [-0.15, -0.1) is 0 Å². The largest absolute Gasteiger partial charge is 0.346 e. The molecule has 3 aromatic carbocycles. The van der Waals surface area contributed by atoms with Crippen LogP contribution >= 0.6 is 34.8 Å². The highest BCUT2D eigenvalue weighted by molar-refractivity contribution is 6.31. The highest BCUT2D eigenvalue weighted by atomic mass is 35.5. The van der Waals surface area contributed by atoms with E-state index in [1.54, 1.807) is 6.07 Å². The molecule has 3 unspecified atom stereocenters. The van der Waals surface area contributed by atoms with Crippen LogP contribution in [0.15, 0.2) is 72.8 Å². The monoisotopic (exact) mass is 548 g/mol. The Hall–Kier alpha value is -1.71. The summed E-state index contributed by atoms with van der Waals surface area (Å²) in [7, 11) is 0. The van der Waals surface area contributed by atoms with Gasteiger partial charge in [0.1, 0.15) is 24.4 Å². The predicted octanol–water partition coefficient (Wildman–Crippen LogP) is 6.66. The van der Waals surface area contributed by atoms with E-state index in [0.29, 0.717) is 21.7 Å². The van der Waals surface area contributed by atoms with Crippen LogP contribution in [0.1, 0.15) is 35.6 Å². The number of hydrogen-bond acceptors (Lipinski definition) is 6. The van der Waals surface area contributed by atoms with E-state index in [1.807, 2.05) is 66.7 Å². The molecule has 0 spiro atoms. The molecule has 0 bridgehead atoms. The average Bonchev–Trinajstić information content (AvgIpc) is 3.49. The smallest absolute Gasteiger partial charge is 0.185 e. The maximum atomic E-state index is 6.52. The zero-order valence-corrected chi connectivity index (χ0v) is 21.2. The highest BCUT2D eigenvalue weighted by Gasteiger charge is 2.51.